The minimum atomic E-state index is 0.104. The normalized spacial score (nSPS) is 22.9. The first-order valence-electron chi connectivity index (χ1n) is 6.93. The topological polar surface area (TPSA) is 73.9 Å². The van der Waals surface area contributed by atoms with Gasteiger partial charge in [0.05, 0.1) is 5.69 Å². The van der Waals surface area contributed by atoms with Gasteiger partial charge >= 0.3 is 0 Å². The Balaban J connectivity index is 2.02. The lowest BCUT2D eigenvalue weighted by molar-refractivity contribution is 0.152. The molecule has 108 valence electrons. The zero-order valence-corrected chi connectivity index (χ0v) is 11.8. The van der Waals surface area contributed by atoms with Gasteiger partial charge in [-0.3, -0.25) is 0 Å². The molecular formula is C14H20N4O2. The predicted molar refractivity (Wildman–Crippen MR) is 75.8 cm³/mol. The molecule has 0 unspecified atom stereocenters. The number of rotatable bonds is 3. The molecule has 2 atom stereocenters. The van der Waals surface area contributed by atoms with Crippen molar-refractivity contribution in [3.05, 3.63) is 23.5 Å². The van der Waals surface area contributed by atoms with Gasteiger partial charge < -0.3 is 15.1 Å². The van der Waals surface area contributed by atoms with Crippen molar-refractivity contribution in [2.24, 2.45) is 11.8 Å². The van der Waals surface area contributed by atoms with Crippen molar-refractivity contribution in [3.8, 4) is 0 Å². The number of nitrogens with zero attached hydrogens (tertiary/aromatic N) is 4. The fourth-order valence-electron chi connectivity index (χ4n) is 2.96. The molecule has 2 aromatic rings. The molecule has 3 rings (SSSR count). The number of anilines is 1. The third kappa shape index (κ3) is 2.14. The van der Waals surface area contributed by atoms with E-state index in [0.29, 0.717) is 0 Å². The molecule has 1 saturated heterocycles. The number of hydrogen-bond donors (Lipinski definition) is 2. The Bertz CT molecular complexity index is 613. The summed E-state index contributed by atoms with van der Waals surface area (Å²) in [7, 11) is 0. The highest BCUT2D eigenvalue weighted by atomic mass is 16.3. The number of aliphatic hydroxyl groups excluding tert-OH is 2. The van der Waals surface area contributed by atoms with Crippen LogP contribution in [0.15, 0.2) is 12.1 Å². The van der Waals surface area contributed by atoms with Crippen molar-refractivity contribution in [3.63, 3.8) is 0 Å². The molecule has 0 radical (unpaired) electrons. The van der Waals surface area contributed by atoms with E-state index < -0.39 is 0 Å². The zero-order valence-electron chi connectivity index (χ0n) is 11.8. The van der Waals surface area contributed by atoms with Crippen LogP contribution in [0, 0.1) is 25.7 Å². The van der Waals surface area contributed by atoms with Crippen LogP contribution in [0.5, 0.6) is 0 Å². The summed E-state index contributed by atoms with van der Waals surface area (Å²) in [6, 6.07) is 3.97. The van der Waals surface area contributed by atoms with Gasteiger partial charge in [-0.15, -0.1) is 0 Å². The molecule has 2 N–H and O–H groups in total. The molecule has 0 spiro atoms. The number of hydrogen-bond acceptors (Lipinski definition) is 5. The van der Waals surface area contributed by atoms with E-state index in [4.69, 9.17) is 0 Å². The Labute approximate surface area is 117 Å². The Morgan fingerprint density at radius 1 is 1.10 bits per heavy atom. The van der Waals surface area contributed by atoms with E-state index in [1.54, 1.807) is 0 Å². The van der Waals surface area contributed by atoms with Gasteiger partial charge in [-0.25, -0.2) is 4.98 Å². The van der Waals surface area contributed by atoms with Gasteiger partial charge in [-0.05, 0) is 13.8 Å². The summed E-state index contributed by atoms with van der Waals surface area (Å²) < 4.78 is 1.84. The van der Waals surface area contributed by atoms with Crippen LogP contribution in [0.25, 0.3) is 5.65 Å². The highest BCUT2D eigenvalue weighted by Gasteiger charge is 2.33. The molecule has 0 saturated carbocycles. The molecule has 0 aromatic carbocycles. The van der Waals surface area contributed by atoms with E-state index in [0.717, 1.165) is 35.9 Å². The van der Waals surface area contributed by atoms with Crippen molar-refractivity contribution in [1.82, 2.24) is 14.6 Å². The van der Waals surface area contributed by atoms with Crippen LogP contribution in [-0.4, -0.2) is 51.1 Å². The van der Waals surface area contributed by atoms with E-state index in [-0.39, 0.29) is 25.0 Å². The van der Waals surface area contributed by atoms with Crippen molar-refractivity contribution in [2.45, 2.75) is 13.8 Å². The summed E-state index contributed by atoms with van der Waals surface area (Å²) in [5, 5.41) is 23.4. The fraction of sp³-hybridized carbons (Fsp3) is 0.571. The maximum Gasteiger partial charge on any atom is 0.157 e. The van der Waals surface area contributed by atoms with Gasteiger partial charge in [0.15, 0.2) is 5.65 Å². The monoisotopic (exact) mass is 276 g/mol. The Hall–Kier alpha value is -1.66. The lowest BCUT2D eigenvalue weighted by atomic mass is 9.98. The summed E-state index contributed by atoms with van der Waals surface area (Å²) in [6.45, 7) is 5.60. The first-order valence-corrected chi connectivity index (χ1v) is 6.93. The van der Waals surface area contributed by atoms with Crippen LogP contribution >= 0.6 is 0 Å². The second-order valence-electron chi connectivity index (χ2n) is 5.60. The van der Waals surface area contributed by atoms with Gasteiger partial charge in [0, 0.05) is 56.0 Å². The maximum atomic E-state index is 9.43. The molecule has 20 heavy (non-hydrogen) atoms. The largest absolute Gasteiger partial charge is 0.396 e. The highest BCUT2D eigenvalue weighted by Crippen LogP contribution is 2.28. The van der Waals surface area contributed by atoms with Crippen LogP contribution < -0.4 is 4.90 Å². The van der Waals surface area contributed by atoms with Crippen LogP contribution in [0.3, 0.4) is 0 Å². The first kappa shape index (κ1) is 13.3. The van der Waals surface area contributed by atoms with E-state index in [1.807, 2.05) is 30.5 Å². The number of fused-ring (bicyclic) bond motifs is 1. The molecule has 2 aromatic heterocycles. The Morgan fingerprint density at radius 2 is 1.75 bits per heavy atom. The lowest BCUT2D eigenvalue weighted by Crippen LogP contribution is -2.24. The van der Waals surface area contributed by atoms with E-state index in [1.165, 1.54) is 0 Å². The van der Waals surface area contributed by atoms with Crippen molar-refractivity contribution in [2.75, 3.05) is 31.2 Å². The minimum Gasteiger partial charge on any atom is -0.396 e. The third-order valence-electron chi connectivity index (χ3n) is 4.03. The molecule has 6 heteroatoms. The number of aryl methyl sites for hydroxylation is 2. The van der Waals surface area contributed by atoms with Crippen molar-refractivity contribution in [1.29, 1.82) is 0 Å². The first-order chi connectivity index (χ1) is 9.62. The van der Waals surface area contributed by atoms with Gasteiger partial charge in [-0.1, -0.05) is 0 Å². The molecule has 6 nitrogen and oxygen atoms in total. The fourth-order valence-corrected chi connectivity index (χ4v) is 2.96. The second-order valence-corrected chi connectivity index (χ2v) is 5.60. The van der Waals surface area contributed by atoms with Crippen molar-refractivity contribution >= 4 is 11.5 Å². The Morgan fingerprint density at radius 3 is 2.35 bits per heavy atom. The van der Waals surface area contributed by atoms with Gasteiger partial charge in [0.25, 0.3) is 0 Å². The second kappa shape index (κ2) is 5.03. The summed E-state index contributed by atoms with van der Waals surface area (Å²) in [6.07, 6.45) is 0. The molecule has 0 amide bonds. The average Bonchev–Trinajstić information content (AvgIpc) is 2.99. The minimum absolute atomic E-state index is 0.104. The van der Waals surface area contributed by atoms with Crippen molar-refractivity contribution < 1.29 is 10.2 Å². The number of aliphatic hydroxyl groups is 2. The molecular weight excluding hydrogens is 256 g/mol. The lowest BCUT2D eigenvalue weighted by Gasteiger charge is -2.19. The predicted octanol–water partition coefficient (Wildman–Crippen LogP) is 0.383. The summed E-state index contributed by atoms with van der Waals surface area (Å²) >= 11 is 0. The Kier molecular flexibility index (Phi) is 3.35. The molecule has 0 aliphatic carbocycles. The average molecular weight is 276 g/mol. The van der Waals surface area contributed by atoms with Crippen LogP contribution in [0.2, 0.25) is 0 Å². The van der Waals surface area contributed by atoms with E-state index >= 15 is 0 Å². The van der Waals surface area contributed by atoms with E-state index in [2.05, 4.69) is 15.0 Å². The van der Waals surface area contributed by atoms with Gasteiger partial charge in [-0.2, -0.15) is 9.61 Å². The summed E-state index contributed by atoms with van der Waals surface area (Å²) in [4.78, 5) is 6.66. The van der Waals surface area contributed by atoms with Crippen LogP contribution in [0.4, 0.5) is 5.82 Å². The summed E-state index contributed by atoms with van der Waals surface area (Å²) in [5.41, 5.74) is 2.71. The van der Waals surface area contributed by atoms with Gasteiger partial charge in [0.1, 0.15) is 5.82 Å². The van der Waals surface area contributed by atoms with Gasteiger partial charge in [0.2, 0.25) is 0 Å². The molecule has 0 bridgehead atoms. The number of aromatic nitrogens is 3. The highest BCUT2D eigenvalue weighted by molar-refractivity contribution is 5.52. The zero-order chi connectivity index (χ0) is 14.3. The van der Waals surface area contributed by atoms with E-state index in [9.17, 15) is 10.2 Å². The maximum absolute atomic E-state index is 9.43. The standard InChI is InChI=1S/C14H20N4O2/c1-9-4-14(18-13(15-9)3-10(2)16-18)17-5-11(7-19)12(6-17)8-20/h3-4,11-12,19-20H,5-8H2,1-2H3/t11-,12-/m0/s1. The quantitative estimate of drug-likeness (QED) is 0.848. The molecule has 1 aliphatic heterocycles. The molecule has 1 fully saturated rings. The smallest absolute Gasteiger partial charge is 0.157 e. The molecule has 1 aliphatic rings. The summed E-state index contributed by atoms with van der Waals surface area (Å²) in [5.74, 6) is 1.20. The molecule has 3 heterocycles. The SMILES string of the molecule is Cc1cc(N2C[C@@H](CO)[C@H](CO)C2)n2nc(C)cc2n1. The third-order valence-corrected chi connectivity index (χ3v) is 4.03. The van der Waals surface area contributed by atoms with Crippen LogP contribution in [0.1, 0.15) is 11.4 Å². The van der Waals surface area contributed by atoms with Crippen LogP contribution in [-0.2, 0) is 0 Å².